The molecule has 0 aliphatic carbocycles. The molecule has 3 rings (SSSR count). The van der Waals surface area contributed by atoms with Crippen molar-refractivity contribution in [2.24, 2.45) is 0 Å². The van der Waals surface area contributed by atoms with Crippen molar-refractivity contribution in [1.29, 1.82) is 0 Å². The lowest BCUT2D eigenvalue weighted by atomic mass is 10.2. The van der Waals surface area contributed by atoms with E-state index < -0.39 is 21.7 Å². The highest BCUT2D eigenvalue weighted by Gasteiger charge is 2.37. The van der Waals surface area contributed by atoms with Crippen molar-refractivity contribution in [3.05, 3.63) is 24.5 Å². The van der Waals surface area contributed by atoms with E-state index in [2.05, 4.69) is 4.98 Å². The summed E-state index contributed by atoms with van der Waals surface area (Å²) in [5, 5.41) is 10.3. The first-order valence-corrected chi connectivity index (χ1v) is 8.46. The normalized spacial score (nSPS) is 16.5. The van der Waals surface area contributed by atoms with Crippen molar-refractivity contribution in [2.45, 2.75) is 13.3 Å². The summed E-state index contributed by atoms with van der Waals surface area (Å²) in [4.78, 5) is 15.2. The molecule has 0 radical (unpaired) electrons. The van der Waals surface area contributed by atoms with Gasteiger partial charge in [-0.2, -0.15) is 0 Å². The SMILES string of the molecule is CC(=O)Oc1c(N2CCCS2(=O)=O)oc(-c2cccnc2)c1O. The average Bonchev–Trinajstić information content (AvgIpc) is 3.00. The molecule has 1 fully saturated rings. The third-order valence-corrected chi connectivity index (χ3v) is 5.14. The van der Waals surface area contributed by atoms with E-state index >= 15 is 0 Å². The van der Waals surface area contributed by atoms with E-state index in [1.54, 1.807) is 18.3 Å². The Morgan fingerprint density at radius 3 is 2.83 bits per heavy atom. The Bertz CT molecular complexity index is 844. The van der Waals surface area contributed by atoms with Crippen molar-refractivity contribution < 1.29 is 27.5 Å². The third-order valence-electron chi connectivity index (χ3n) is 3.32. The molecule has 3 heterocycles. The van der Waals surface area contributed by atoms with Crippen LogP contribution >= 0.6 is 0 Å². The Morgan fingerprint density at radius 2 is 2.26 bits per heavy atom. The van der Waals surface area contributed by atoms with Gasteiger partial charge in [-0.1, -0.05) is 0 Å². The first-order valence-electron chi connectivity index (χ1n) is 6.85. The second kappa shape index (κ2) is 5.58. The minimum absolute atomic E-state index is 0.00792. The Morgan fingerprint density at radius 1 is 1.48 bits per heavy atom. The Kier molecular flexibility index (Phi) is 3.72. The molecule has 1 saturated heterocycles. The smallest absolute Gasteiger partial charge is 0.308 e. The van der Waals surface area contributed by atoms with Crippen LogP contribution in [0.1, 0.15) is 13.3 Å². The van der Waals surface area contributed by atoms with Gasteiger partial charge in [0.15, 0.2) is 5.76 Å². The summed E-state index contributed by atoms with van der Waals surface area (Å²) in [7, 11) is -3.56. The summed E-state index contributed by atoms with van der Waals surface area (Å²) in [6, 6.07) is 3.26. The van der Waals surface area contributed by atoms with Crippen LogP contribution in [0, 0.1) is 0 Å². The first-order chi connectivity index (χ1) is 10.9. The van der Waals surface area contributed by atoms with Gasteiger partial charge in [-0.25, -0.2) is 12.7 Å². The lowest BCUT2D eigenvalue weighted by Gasteiger charge is -2.14. The number of carbonyl (C=O) groups is 1. The molecule has 2 aromatic rings. The van der Waals surface area contributed by atoms with Crippen LogP contribution in [-0.4, -0.2) is 36.8 Å². The standard InChI is InChI=1S/C14H14N2O6S/c1-9(17)21-13-11(18)12(10-4-2-5-15-8-10)22-14(13)16-6-3-7-23(16,19)20/h2,4-5,8,18H,3,6-7H2,1H3. The molecule has 1 N–H and O–H groups in total. The third kappa shape index (κ3) is 2.74. The molecule has 0 bridgehead atoms. The van der Waals surface area contributed by atoms with Gasteiger partial charge in [-0.15, -0.1) is 0 Å². The highest BCUT2D eigenvalue weighted by molar-refractivity contribution is 7.93. The van der Waals surface area contributed by atoms with Crippen molar-refractivity contribution in [3.63, 3.8) is 0 Å². The lowest BCUT2D eigenvalue weighted by Crippen LogP contribution is -2.25. The fourth-order valence-electron chi connectivity index (χ4n) is 2.36. The van der Waals surface area contributed by atoms with Gasteiger partial charge in [-0.3, -0.25) is 9.78 Å². The van der Waals surface area contributed by atoms with Crippen LogP contribution in [0.2, 0.25) is 0 Å². The van der Waals surface area contributed by atoms with Crippen LogP contribution in [0.5, 0.6) is 11.5 Å². The molecule has 0 saturated carbocycles. The topological polar surface area (TPSA) is 110 Å². The van der Waals surface area contributed by atoms with Crippen LogP contribution in [-0.2, 0) is 14.8 Å². The van der Waals surface area contributed by atoms with Crippen molar-refractivity contribution >= 4 is 21.9 Å². The average molecular weight is 338 g/mol. The lowest BCUT2D eigenvalue weighted by molar-refractivity contribution is -0.132. The summed E-state index contributed by atoms with van der Waals surface area (Å²) in [5.41, 5.74) is 0.432. The molecule has 0 atom stereocenters. The second-order valence-corrected chi connectivity index (χ2v) is 7.00. The second-order valence-electron chi connectivity index (χ2n) is 4.99. The molecule has 0 amide bonds. The number of esters is 1. The molecule has 9 heteroatoms. The van der Waals surface area contributed by atoms with E-state index in [1.165, 1.54) is 6.20 Å². The number of rotatable bonds is 3. The zero-order chi connectivity index (χ0) is 16.6. The molecule has 8 nitrogen and oxygen atoms in total. The maximum absolute atomic E-state index is 12.1. The van der Waals surface area contributed by atoms with E-state index in [-0.39, 0.29) is 29.7 Å². The Balaban J connectivity index is 2.17. The maximum Gasteiger partial charge on any atom is 0.308 e. The summed E-state index contributed by atoms with van der Waals surface area (Å²) in [6.07, 6.45) is 3.41. The number of furan rings is 1. The fraction of sp³-hybridized carbons (Fsp3) is 0.286. The van der Waals surface area contributed by atoms with Gasteiger partial charge in [-0.05, 0) is 18.6 Å². The molecular formula is C14H14N2O6S. The van der Waals surface area contributed by atoms with Crippen LogP contribution < -0.4 is 9.04 Å². The minimum Gasteiger partial charge on any atom is -0.502 e. The van der Waals surface area contributed by atoms with Crippen LogP contribution in [0.3, 0.4) is 0 Å². The summed E-state index contributed by atoms with van der Waals surface area (Å²) in [5.74, 6) is -1.68. The van der Waals surface area contributed by atoms with Crippen LogP contribution in [0.15, 0.2) is 28.9 Å². The van der Waals surface area contributed by atoms with E-state index in [0.717, 1.165) is 11.2 Å². The highest BCUT2D eigenvalue weighted by Crippen LogP contribution is 2.49. The molecule has 1 aliphatic rings. The highest BCUT2D eigenvalue weighted by atomic mass is 32.2. The quantitative estimate of drug-likeness (QED) is 0.845. The molecule has 0 spiro atoms. The fourth-order valence-corrected chi connectivity index (χ4v) is 3.85. The molecule has 1 aliphatic heterocycles. The zero-order valence-corrected chi connectivity index (χ0v) is 13.0. The van der Waals surface area contributed by atoms with Crippen molar-refractivity contribution in [2.75, 3.05) is 16.6 Å². The van der Waals surface area contributed by atoms with Gasteiger partial charge in [0, 0.05) is 31.4 Å². The van der Waals surface area contributed by atoms with Gasteiger partial charge in [0.2, 0.25) is 21.5 Å². The Hall–Kier alpha value is -2.55. The van der Waals surface area contributed by atoms with Gasteiger partial charge in [0.05, 0.1) is 5.75 Å². The van der Waals surface area contributed by atoms with Crippen LogP contribution in [0.25, 0.3) is 11.3 Å². The number of nitrogens with zero attached hydrogens (tertiary/aromatic N) is 2. The number of ether oxygens (including phenoxy) is 1. The maximum atomic E-state index is 12.1. The van der Waals surface area contributed by atoms with Gasteiger partial charge < -0.3 is 14.3 Å². The predicted octanol–water partition coefficient (Wildman–Crippen LogP) is 1.51. The number of aromatic hydroxyl groups is 1. The number of anilines is 1. The molecule has 0 unspecified atom stereocenters. The number of carbonyl (C=O) groups excluding carboxylic acids is 1. The van der Waals surface area contributed by atoms with E-state index in [4.69, 9.17) is 9.15 Å². The first kappa shape index (κ1) is 15.3. The summed E-state index contributed by atoms with van der Waals surface area (Å²) < 4.78 is 35.7. The van der Waals surface area contributed by atoms with Gasteiger partial charge >= 0.3 is 5.97 Å². The molecular weight excluding hydrogens is 324 g/mol. The Labute approximate surface area is 132 Å². The van der Waals surface area contributed by atoms with E-state index in [9.17, 15) is 18.3 Å². The predicted molar refractivity (Wildman–Crippen MR) is 80.7 cm³/mol. The minimum atomic E-state index is -3.56. The van der Waals surface area contributed by atoms with Gasteiger partial charge in [0.25, 0.3) is 5.88 Å². The summed E-state index contributed by atoms with van der Waals surface area (Å²) in [6.45, 7) is 1.34. The van der Waals surface area contributed by atoms with Crippen LogP contribution in [0.4, 0.5) is 5.88 Å². The molecule has 122 valence electrons. The number of sulfonamides is 1. The number of hydrogen-bond acceptors (Lipinski definition) is 7. The molecule has 23 heavy (non-hydrogen) atoms. The largest absolute Gasteiger partial charge is 0.502 e. The number of pyridine rings is 1. The molecule has 0 aromatic carbocycles. The van der Waals surface area contributed by atoms with E-state index in [0.29, 0.717) is 12.0 Å². The number of aromatic nitrogens is 1. The zero-order valence-electron chi connectivity index (χ0n) is 12.2. The summed E-state index contributed by atoms with van der Waals surface area (Å²) >= 11 is 0. The van der Waals surface area contributed by atoms with Gasteiger partial charge in [0.1, 0.15) is 0 Å². The van der Waals surface area contributed by atoms with Crippen molar-refractivity contribution in [1.82, 2.24) is 4.98 Å². The molecule has 2 aromatic heterocycles. The number of hydrogen-bond donors (Lipinski definition) is 1. The van der Waals surface area contributed by atoms with E-state index in [1.807, 2.05) is 0 Å². The monoisotopic (exact) mass is 338 g/mol. The van der Waals surface area contributed by atoms with Crippen molar-refractivity contribution in [3.8, 4) is 22.8 Å².